The SMILES string of the molecule is CC/C=C\C/C=C\C/C=C\C/C=C\C/C=C\C/C=C\CCCCCCC(=O)OC(/C=C\CCCCCCCCCCC)C(COP(=O)(O)OCC[N+](C)(C)C)NC(=O)CCCCC/C=C/C=C/CCCCCCCCC. The predicted molar refractivity (Wildman–Crippen MR) is 327 cm³/mol. The van der Waals surface area contributed by atoms with Crippen LogP contribution in [-0.4, -0.2) is 74.3 Å². The molecule has 0 saturated heterocycles. The Labute approximate surface area is 468 Å². The first kappa shape index (κ1) is 72.7. The normalized spacial score (nSPS) is 14.5. The highest BCUT2D eigenvalue weighted by Crippen LogP contribution is 2.43. The Kier molecular flexibility index (Phi) is 52.6. The van der Waals surface area contributed by atoms with E-state index in [1.54, 1.807) is 0 Å². The zero-order chi connectivity index (χ0) is 55.7. The summed E-state index contributed by atoms with van der Waals surface area (Å²) in [5, 5.41) is 3.03. The Morgan fingerprint density at radius 2 is 0.882 bits per heavy atom. The van der Waals surface area contributed by atoms with Gasteiger partial charge in [-0.3, -0.25) is 18.6 Å². The predicted octanol–water partition coefficient (Wildman–Crippen LogP) is 18.9. The van der Waals surface area contributed by atoms with E-state index in [2.05, 4.69) is 123 Å². The lowest BCUT2D eigenvalue weighted by Crippen LogP contribution is -2.47. The number of carbonyl (C=O) groups is 2. The highest BCUT2D eigenvalue weighted by Gasteiger charge is 2.30. The average Bonchev–Trinajstić information content (AvgIpc) is 3.38. The van der Waals surface area contributed by atoms with E-state index in [1.807, 2.05) is 33.3 Å². The van der Waals surface area contributed by atoms with Gasteiger partial charge in [-0.25, -0.2) is 4.57 Å². The largest absolute Gasteiger partial charge is 0.472 e. The van der Waals surface area contributed by atoms with Crippen LogP contribution in [0.1, 0.15) is 245 Å². The first-order valence-corrected chi connectivity index (χ1v) is 32.2. The molecule has 2 N–H and O–H groups in total. The molecule has 0 spiro atoms. The Balaban J connectivity index is 5.32. The number of ether oxygens (including phenoxy) is 1. The minimum atomic E-state index is -4.47. The van der Waals surface area contributed by atoms with E-state index in [1.165, 1.54) is 89.9 Å². The number of rotatable bonds is 54. The summed E-state index contributed by atoms with van der Waals surface area (Å²) < 4.78 is 30.6. The number of likely N-dealkylation sites (N-methyl/N-ethyl adjacent to an activating group) is 1. The van der Waals surface area contributed by atoms with Crippen LogP contribution in [0.4, 0.5) is 0 Å². The highest BCUT2D eigenvalue weighted by molar-refractivity contribution is 7.47. The van der Waals surface area contributed by atoms with E-state index < -0.39 is 20.0 Å². The molecule has 76 heavy (non-hydrogen) atoms. The van der Waals surface area contributed by atoms with Gasteiger partial charge in [0, 0.05) is 12.8 Å². The maximum Gasteiger partial charge on any atom is 0.472 e. The van der Waals surface area contributed by atoms with Crippen molar-refractivity contribution in [3.05, 3.63) is 109 Å². The van der Waals surface area contributed by atoms with Crippen molar-refractivity contribution in [2.75, 3.05) is 40.9 Å². The lowest BCUT2D eigenvalue weighted by Gasteiger charge is -2.27. The fourth-order valence-electron chi connectivity index (χ4n) is 8.23. The first-order chi connectivity index (χ1) is 36.9. The number of unbranched alkanes of at least 4 members (excludes halogenated alkanes) is 23. The summed E-state index contributed by atoms with van der Waals surface area (Å²) in [6.45, 7) is 6.83. The molecule has 0 aliphatic carbocycles. The second-order valence-corrected chi connectivity index (χ2v) is 23.0. The van der Waals surface area contributed by atoms with Gasteiger partial charge in [-0.1, -0.05) is 233 Å². The molecule has 10 heteroatoms. The molecule has 0 aromatic rings. The number of allylic oxidation sites excluding steroid dienone is 17. The maximum absolute atomic E-state index is 13.5. The number of nitrogens with one attached hydrogen (secondary N) is 1. The van der Waals surface area contributed by atoms with Gasteiger partial charge in [0.05, 0.1) is 33.8 Å². The third-order valence-corrected chi connectivity index (χ3v) is 14.0. The van der Waals surface area contributed by atoms with Crippen molar-refractivity contribution < 1.29 is 37.3 Å². The summed E-state index contributed by atoms with van der Waals surface area (Å²) in [6.07, 6.45) is 75.2. The number of amides is 1. The summed E-state index contributed by atoms with van der Waals surface area (Å²) >= 11 is 0. The summed E-state index contributed by atoms with van der Waals surface area (Å²) in [7, 11) is 1.45. The molecule has 0 rings (SSSR count). The van der Waals surface area contributed by atoms with E-state index in [0.717, 1.165) is 109 Å². The molecule has 0 aliphatic rings. The van der Waals surface area contributed by atoms with Gasteiger partial charge in [-0.15, -0.1) is 0 Å². The Bertz CT molecular complexity index is 1670. The molecular formula is C66H116N2O7P+. The number of hydrogen-bond acceptors (Lipinski definition) is 6. The van der Waals surface area contributed by atoms with Crippen LogP contribution in [0.25, 0.3) is 0 Å². The van der Waals surface area contributed by atoms with Gasteiger partial charge in [0.15, 0.2) is 0 Å². The smallest absolute Gasteiger partial charge is 0.456 e. The van der Waals surface area contributed by atoms with Gasteiger partial charge in [-0.2, -0.15) is 0 Å². The van der Waals surface area contributed by atoms with Crippen LogP contribution in [0.2, 0.25) is 0 Å². The van der Waals surface area contributed by atoms with Gasteiger partial charge < -0.3 is 19.4 Å². The van der Waals surface area contributed by atoms with Crippen molar-refractivity contribution in [1.29, 1.82) is 0 Å². The number of nitrogens with zero attached hydrogens (tertiary/aromatic N) is 1. The molecule has 0 heterocycles. The summed E-state index contributed by atoms with van der Waals surface area (Å²) in [6, 6.07) is -0.879. The summed E-state index contributed by atoms with van der Waals surface area (Å²) in [5.41, 5.74) is 0. The number of phosphoric ester groups is 1. The molecule has 0 aliphatic heterocycles. The zero-order valence-electron chi connectivity index (χ0n) is 49.7. The van der Waals surface area contributed by atoms with E-state index in [9.17, 15) is 19.0 Å². The highest BCUT2D eigenvalue weighted by atomic mass is 31.2. The minimum absolute atomic E-state index is 0.0253. The summed E-state index contributed by atoms with van der Waals surface area (Å²) in [4.78, 5) is 37.6. The van der Waals surface area contributed by atoms with E-state index in [-0.39, 0.29) is 37.9 Å². The van der Waals surface area contributed by atoms with Crippen molar-refractivity contribution in [2.24, 2.45) is 0 Å². The molecule has 3 atom stereocenters. The standard InChI is InChI=1S/C66H115N2O7P/c1-7-10-13-16-19-22-25-27-29-31-32-33-34-35-36-37-39-41-44-47-50-53-56-59-66(70)75-64(57-54-51-48-45-42-24-21-18-15-12-9-3)63(62-74-76(71,72)73-61-60-68(4,5)6)67-65(69)58-55-52-49-46-43-40-38-30-28-26-23-20-17-14-11-8-2/h10,13,19,22,27,29-30,32-33,35-36,38-41,43,54,57,63-64H,7-9,11-12,14-18,20-21,23-26,28,31,34,37,42,44-53,55-56,58-62H2,1-6H3,(H-,67,69,71,72)/p+1/b13-10-,22-19-,29-27-,33-32-,36-35-,38-30+,41-39-,43-40+,57-54-. The zero-order valence-corrected chi connectivity index (χ0v) is 50.6. The van der Waals surface area contributed by atoms with Crippen LogP contribution in [0.15, 0.2) is 109 Å². The van der Waals surface area contributed by atoms with Gasteiger partial charge in [0.2, 0.25) is 5.91 Å². The number of quaternary nitrogens is 1. The average molecular weight is 1080 g/mol. The van der Waals surface area contributed by atoms with E-state index in [0.29, 0.717) is 23.9 Å². The summed E-state index contributed by atoms with van der Waals surface area (Å²) in [5.74, 6) is -0.572. The maximum atomic E-state index is 13.5. The second kappa shape index (κ2) is 55.0. The molecule has 0 bridgehead atoms. The number of phosphoric acid groups is 1. The van der Waals surface area contributed by atoms with Crippen molar-refractivity contribution >= 4 is 19.7 Å². The fourth-order valence-corrected chi connectivity index (χ4v) is 8.96. The molecule has 9 nitrogen and oxygen atoms in total. The van der Waals surface area contributed by atoms with Crippen LogP contribution in [-0.2, 0) is 27.9 Å². The molecule has 0 fully saturated rings. The molecule has 0 aromatic carbocycles. The number of carbonyl (C=O) groups excluding carboxylic acids is 2. The van der Waals surface area contributed by atoms with Crippen LogP contribution < -0.4 is 5.32 Å². The van der Waals surface area contributed by atoms with Crippen LogP contribution in [0, 0.1) is 0 Å². The Morgan fingerprint density at radius 3 is 1.36 bits per heavy atom. The van der Waals surface area contributed by atoms with Gasteiger partial charge in [0.1, 0.15) is 19.3 Å². The third kappa shape index (κ3) is 55.4. The molecule has 436 valence electrons. The third-order valence-electron chi connectivity index (χ3n) is 13.0. The minimum Gasteiger partial charge on any atom is -0.456 e. The van der Waals surface area contributed by atoms with Crippen LogP contribution >= 0.6 is 7.82 Å². The molecule has 0 aromatic heterocycles. The van der Waals surface area contributed by atoms with Crippen molar-refractivity contribution in [1.82, 2.24) is 5.32 Å². The fraction of sp³-hybridized carbons (Fsp3) is 0.697. The monoisotopic (exact) mass is 1080 g/mol. The van der Waals surface area contributed by atoms with Gasteiger partial charge >= 0.3 is 13.8 Å². The molecule has 0 saturated carbocycles. The topological polar surface area (TPSA) is 111 Å². The van der Waals surface area contributed by atoms with Crippen molar-refractivity contribution in [3.8, 4) is 0 Å². The number of esters is 1. The van der Waals surface area contributed by atoms with Crippen molar-refractivity contribution in [3.63, 3.8) is 0 Å². The molecule has 1 amide bonds. The van der Waals surface area contributed by atoms with E-state index >= 15 is 0 Å². The lowest BCUT2D eigenvalue weighted by molar-refractivity contribution is -0.870. The Morgan fingerprint density at radius 1 is 0.487 bits per heavy atom. The second-order valence-electron chi connectivity index (χ2n) is 21.5. The van der Waals surface area contributed by atoms with Crippen LogP contribution in [0.3, 0.4) is 0 Å². The molecular weight excluding hydrogens is 964 g/mol. The lowest BCUT2D eigenvalue weighted by atomic mass is 10.1. The number of hydrogen-bond donors (Lipinski definition) is 2. The van der Waals surface area contributed by atoms with E-state index in [4.69, 9.17) is 13.8 Å². The van der Waals surface area contributed by atoms with Crippen LogP contribution in [0.5, 0.6) is 0 Å². The van der Waals surface area contributed by atoms with Crippen molar-refractivity contribution in [2.45, 2.75) is 258 Å². The Hall–Kier alpha value is -3.33. The molecule has 3 unspecified atom stereocenters. The van der Waals surface area contributed by atoms with Gasteiger partial charge in [0.25, 0.3) is 0 Å². The first-order valence-electron chi connectivity index (χ1n) is 30.7. The quantitative estimate of drug-likeness (QED) is 0.0156. The van der Waals surface area contributed by atoms with Gasteiger partial charge in [-0.05, 0) is 109 Å². The molecule has 0 radical (unpaired) electrons.